The first-order chi connectivity index (χ1) is 21.4. The van der Waals surface area contributed by atoms with Gasteiger partial charge in [-0.1, -0.05) is 11.3 Å². The van der Waals surface area contributed by atoms with Crippen LogP contribution in [0.5, 0.6) is 0 Å². The van der Waals surface area contributed by atoms with Gasteiger partial charge in [0, 0.05) is 15.6 Å². The fraction of sp³-hybridized carbons (Fsp3) is 0.500. The predicted molar refractivity (Wildman–Crippen MR) is 140 cm³/mol. The molecular formula is C22H22F4N8O9P2+2. The van der Waals surface area contributed by atoms with Crippen molar-refractivity contribution in [2.75, 3.05) is 18.9 Å². The van der Waals surface area contributed by atoms with Gasteiger partial charge in [0.05, 0.1) is 23.5 Å². The van der Waals surface area contributed by atoms with Crippen LogP contribution in [0.15, 0.2) is 30.9 Å². The van der Waals surface area contributed by atoms with Gasteiger partial charge in [0.25, 0.3) is 0 Å². The van der Waals surface area contributed by atoms with Gasteiger partial charge in [0.15, 0.2) is 36.2 Å². The third-order valence-corrected chi connectivity index (χ3v) is 8.26. The lowest BCUT2D eigenvalue weighted by Gasteiger charge is -2.14. The highest BCUT2D eigenvalue weighted by Crippen LogP contribution is 2.42. The summed E-state index contributed by atoms with van der Waals surface area (Å²) in [4.78, 5) is 20.9. The van der Waals surface area contributed by atoms with E-state index in [1.165, 1.54) is 23.0 Å². The maximum atomic E-state index is 15.7. The van der Waals surface area contributed by atoms with Crippen molar-refractivity contribution in [2.24, 2.45) is 0 Å². The fourth-order valence-corrected chi connectivity index (χ4v) is 6.11. The van der Waals surface area contributed by atoms with Crippen LogP contribution in [0.4, 0.5) is 23.4 Å². The third kappa shape index (κ3) is 6.23. The van der Waals surface area contributed by atoms with E-state index in [0.717, 1.165) is 17.1 Å². The van der Waals surface area contributed by atoms with E-state index in [0.29, 0.717) is 0 Å². The van der Waals surface area contributed by atoms with E-state index < -0.39 is 90.0 Å². The summed E-state index contributed by atoms with van der Waals surface area (Å²) in [5.41, 5.74) is 4.68. The number of anilines is 1. The number of rotatable bonds is 10. The minimum atomic E-state index is -4.67. The standard InChI is InChI=1S/C22H21F4N8O9P2/c23-15-18(13(6-39-44(36)37)42-21(15)33-8-30-17-19(27)28-7-29-20(17)33)43-45(38)40-5-12-11(35)4-14(41-12)34-10-3-1-2-9(22(24,25)26)16(10)31-32-34/h1-3,7-8,11-15,18,21,35H,4-6H2,(H2-,27,28,29,36,37)/q+1/p+1/t11-,12+,13+,14+,15+,18+,21+/m0/s1. The first-order valence-electron chi connectivity index (χ1n) is 13.0. The molecule has 45 heavy (non-hydrogen) atoms. The summed E-state index contributed by atoms with van der Waals surface area (Å²) in [6, 6.07) is 3.41. The number of hydrogen-bond acceptors (Lipinski definition) is 14. The SMILES string of the molecule is Nc1ncnc2c1ncn2[C@@H]1O[C@H](CO[P+](=O)O)[C@@H](O[P+](=O)OC[C@H]2O[C@@H](n3nnc4c(C(F)(F)F)cccc43)C[C@@H]2O)[C@H]1F. The van der Waals surface area contributed by atoms with E-state index in [1.807, 2.05) is 0 Å². The van der Waals surface area contributed by atoms with E-state index >= 15 is 4.39 Å². The van der Waals surface area contributed by atoms with Gasteiger partial charge in [-0.05, 0) is 12.1 Å². The van der Waals surface area contributed by atoms with E-state index in [-0.39, 0.29) is 28.9 Å². The molecule has 4 aromatic rings. The monoisotopic (exact) mass is 680 g/mol. The summed E-state index contributed by atoms with van der Waals surface area (Å²) in [6.07, 6.45) is -12.4. The van der Waals surface area contributed by atoms with Gasteiger partial charge >= 0.3 is 22.7 Å². The van der Waals surface area contributed by atoms with Crippen molar-refractivity contribution in [3.63, 3.8) is 0 Å². The highest BCUT2D eigenvalue weighted by Gasteiger charge is 2.53. The van der Waals surface area contributed by atoms with Crippen molar-refractivity contribution in [3.05, 3.63) is 36.4 Å². The lowest BCUT2D eigenvalue weighted by molar-refractivity contribution is -0.136. The number of ether oxygens (including phenoxy) is 2. The third-order valence-electron chi connectivity index (χ3n) is 7.11. The van der Waals surface area contributed by atoms with E-state index in [4.69, 9.17) is 29.1 Å². The van der Waals surface area contributed by atoms with E-state index in [1.54, 1.807) is 0 Å². The number of fused-ring (bicyclic) bond motifs is 2. The highest BCUT2D eigenvalue weighted by atomic mass is 31.1. The zero-order chi connectivity index (χ0) is 32.0. The molecule has 1 aromatic carbocycles. The number of imidazole rings is 1. The summed E-state index contributed by atoms with van der Waals surface area (Å²) >= 11 is 0. The Morgan fingerprint density at radius 1 is 1.09 bits per heavy atom. The van der Waals surface area contributed by atoms with Crippen LogP contribution in [0.1, 0.15) is 24.4 Å². The molecule has 6 rings (SSSR count). The molecule has 0 saturated carbocycles. The van der Waals surface area contributed by atoms with Gasteiger partial charge in [-0.25, -0.2) is 24.0 Å². The van der Waals surface area contributed by atoms with Crippen molar-refractivity contribution in [3.8, 4) is 0 Å². The second-order valence-corrected chi connectivity index (χ2v) is 11.5. The Morgan fingerprint density at radius 2 is 1.87 bits per heavy atom. The molecule has 17 nitrogen and oxygen atoms in total. The van der Waals surface area contributed by atoms with Gasteiger partial charge in [-0.3, -0.25) is 4.57 Å². The van der Waals surface area contributed by atoms with Crippen LogP contribution in [-0.2, 0) is 38.4 Å². The second-order valence-electron chi connectivity index (χ2n) is 9.85. The van der Waals surface area contributed by atoms with Crippen LogP contribution in [0.2, 0.25) is 0 Å². The Balaban J connectivity index is 1.12. The zero-order valence-corrected chi connectivity index (χ0v) is 24.2. The second kappa shape index (κ2) is 12.4. The average molecular weight is 680 g/mol. The number of nitrogens with two attached hydrogens (primary N) is 1. The molecular weight excluding hydrogens is 658 g/mol. The number of hydrogen-bond donors (Lipinski definition) is 3. The number of benzene rings is 1. The molecule has 5 heterocycles. The lowest BCUT2D eigenvalue weighted by atomic mass is 10.1. The molecule has 23 heteroatoms. The van der Waals surface area contributed by atoms with Crippen LogP contribution in [0.25, 0.3) is 22.2 Å². The van der Waals surface area contributed by atoms with Crippen LogP contribution in [-0.4, -0.2) is 88.3 Å². The van der Waals surface area contributed by atoms with Crippen LogP contribution >= 0.6 is 16.5 Å². The molecule has 2 aliphatic heterocycles. The fourth-order valence-electron chi connectivity index (χ4n) is 5.05. The maximum absolute atomic E-state index is 15.7. The maximum Gasteiger partial charge on any atom is 0.697 e. The Labute approximate surface area is 250 Å². The largest absolute Gasteiger partial charge is 0.697 e. The van der Waals surface area contributed by atoms with Crippen LogP contribution < -0.4 is 5.73 Å². The number of nitrogen functional groups attached to an aromatic ring is 1. The highest BCUT2D eigenvalue weighted by molar-refractivity contribution is 7.33. The van der Waals surface area contributed by atoms with E-state index in [2.05, 4.69) is 29.8 Å². The smallest absolute Gasteiger partial charge is 0.390 e. The minimum absolute atomic E-state index is 0.0143. The van der Waals surface area contributed by atoms with Crippen molar-refractivity contribution in [2.45, 2.75) is 55.6 Å². The van der Waals surface area contributed by atoms with Gasteiger partial charge < -0.3 is 20.3 Å². The number of nitrogens with zero attached hydrogens (tertiary/aromatic N) is 7. The molecule has 9 atom stereocenters. The molecule has 0 aliphatic carbocycles. The lowest BCUT2D eigenvalue weighted by Crippen LogP contribution is -2.33. The molecule has 240 valence electrons. The van der Waals surface area contributed by atoms with Crippen molar-refractivity contribution in [1.82, 2.24) is 34.5 Å². The first kappa shape index (κ1) is 31.6. The zero-order valence-electron chi connectivity index (χ0n) is 22.4. The number of aliphatic hydroxyl groups is 1. The molecule has 0 bridgehead atoms. The van der Waals surface area contributed by atoms with Crippen molar-refractivity contribution in [1.29, 1.82) is 0 Å². The summed E-state index contributed by atoms with van der Waals surface area (Å²) < 4.78 is 109. The average Bonchev–Trinajstić information content (AvgIpc) is 3.76. The van der Waals surface area contributed by atoms with Crippen LogP contribution in [0.3, 0.4) is 0 Å². The molecule has 0 amide bonds. The quantitative estimate of drug-likeness (QED) is 0.162. The molecule has 2 unspecified atom stereocenters. The normalized spacial score (nSPS) is 27.9. The Hall–Kier alpha value is -3.39. The van der Waals surface area contributed by atoms with Crippen molar-refractivity contribution < 1.29 is 59.7 Å². The van der Waals surface area contributed by atoms with E-state index in [9.17, 15) is 27.4 Å². The van der Waals surface area contributed by atoms with Gasteiger partial charge in [-0.15, -0.1) is 23.6 Å². The molecule has 3 aromatic heterocycles. The first-order valence-corrected chi connectivity index (χ1v) is 15.2. The Kier molecular flexibility index (Phi) is 8.72. The number of alkyl halides is 4. The Morgan fingerprint density at radius 3 is 2.62 bits per heavy atom. The van der Waals surface area contributed by atoms with Gasteiger partial charge in [0.2, 0.25) is 0 Å². The summed E-state index contributed by atoms with van der Waals surface area (Å²) in [5, 5.41) is 17.9. The molecule has 4 N–H and O–H groups in total. The molecule has 0 radical (unpaired) electrons. The number of aromatic nitrogens is 7. The molecule has 2 saturated heterocycles. The molecule has 2 aliphatic rings. The number of aliphatic hydroxyl groups excluding tert-OH is 1. The van der Waals surface area contributed by atoms with Gasteiger partial charge in [0.1, 0.15) is 42.8 Å². The minimum Gasteiger partial charge on any atom is -0.390 e. The van der Waals surface area contributed by atoms with Gasteiger partial charge in [-0.2, -0.15) is 13.2 Å². The molecule has 0 spiro atoms. The Bertz CT molecular complexity index is 1750. The summed E-state index contributed by atoms with van der Waals surface area (Å²) in [7, 11) is -6.21. The summed E-state index contributed by atoms with van der Waals surface area (Å²) in [5.74, 6) is 0.0233. The van der Waals surface area contributed by atoms with Crippen molar-refractivity contribution >= 4 is 44.5 Å². The predicted octanol–water partition coefficient (Wildman–Crippen LogP) is 2.48. The van der Waals surface area contributed by atoms with Crippen LogP contribution in [0, 0.1) is 0 Å². The topological polar surface area (TPSA) is 221 Å². The molecule has 2 fully saturated rings. The number of halogens is 4. The summed E-state index contributed by atoms with van der Waals surface area (Å²) in [6.45, 7) is -1.17.